The van der Waals surface area contributed by atoms with Crippen LogP contribution in [0.2, 0.25) is 0 Å². The molecule has 1 N–H and O–H groups in total. The first-order valence-corrected chi connectivity index (χ1v) is 9.34. The molecule has 1 rings (SSSR count). The first-order chi connectivity index (χ1) is 9.49. The molecule has 0 radical (unpaired) electrons. The second kappa shape index (κ2) is 7.00. The SMILES string of the molecule is CS(=O)(Cc1cccc([I-]N([O-])O)c1)=NC(=O)C(F)(F)F. The molecule has 1 aromatic carbocycles. The van der Waals surface area contributed by atoms with Crippen molar-refractivity contribution in [2.45, 2.75) is 11.9 Å². The van der Waals surface area contributed by atoms with E-state index < -0.39 is 43.3 Å². The summed E-state index contributed by atoms with van der Waals surface area (Å²) in [7, 11) is -3.40. The number of carbonyl (C=O) groups excluding carboxylic acids is 1. The molecule has 1 aromatic rings. The van der Waals surface area contributed by atoms with Gasteiger partial charge >= 0.3 is 129 Å². The number of halogens is 4. The number of rotatable bonds is 4. The number of carbonyl (C=O) groups is 1. The van der Waals surface area contributed by atoms with E-state index in [1.54, 1.807) is 6.07 Å². The van der Waals surface area contributed by atoms with Gasteiger partial charge in [0.1, 0.15) is 0 Å². The standard InChI is InChI=1S/C10H10F3IN2O4S/c1-21(20,15-9(17)10(11,12)13)6-7-3-2-4-8(5-7)14-16(18)19/h2-5,18H,6H2,1H3/q-2. The summed E-state index contributed by atoms with van der Waals surface area (Å²) in [5.74, 6) is -2.75. The Bertz CT molecular complexity index is 641. The molecule has 0 aromatic heterocycles. The average Bonchev–Trinajstić information content (AvgIpc) is 2.25. The van der Waals surface area contributed by atoms with E-state index in [2.05, 4.69) is 4.36 Å². The molecule has 1 atom stereocenters. The van der Waals surface area contributed by atoms with Gasteiger partial charge in [0.2, 0.25) is 0 Å². The Morgan fingerprint density at radius 1 is 1.52 bits per heavy atom. The van der Waals surface area contributed by atoms with E-state index in [0.29, 0.717) is 9.13 Å². The van der Waals surface area contributed by atoms with Crippen molar-refractivity contribution >= 4 is 15.6 Å². The van der Waals surface area contributed by atoms with E-state index >= 15 is 0 Å². The number of alkyl halides is 3. The fourth-order valence-corrected chi connectivity index (χ4v) is 4.03. The Balaban J connectivity index is 2.97. The van der Waals surface area contributed by atoms with Crippen molar-refractivity contribution in [3.63, 3.8) is 0 Å². The molecule has 0 saturated carbocycles. The van der Waals surface area contributed by atoms with Gasteiger partial charge in [-0.1, -0.05) is 0 Å². The van der Waals surface area contributed by atoms with E-state index in [4.69, 9.17) is 5.21 Å². The van der Waals surface area contributed by atoms with Gasteiger partial charge in [0.25, 0.3) is 0 Å². The van der Waals surface area contributed by atoms with Gasteiger partial charge in [-0.15, -0.1) is 0 Å². The molecule has 0 aliphatic carbocycles. The second-order valence-corrected chi connectivity index (χ2v) is 8.88. The maximum atomic E-state index is 12.1. The van der Waals surface area contributed by atoms with Gasteiger partial charge in [-0.25, -0.2) is 0 Å². The topological polar surface area (TPSA) is 93.0 Å². The third kappa shape index (κ3) is 6.69. The first kappa shape index (κ1) is 18.3. The monoisotopic (exact) mass is 438 g/mol. The van der Waals surface area contributed by atoms with Crippen molar-refractivity contribution in [1.29, 1.82) is 0 Å². The third-order valence-electron chi connectivity index (χ3n) is 2.01. The van der Waals surface area contributed by atoms with Gasteiger partial charge in [-0.2, -0.15) is 0 Å². The molecule has 21 heavy (non-hydrogen) atoms. The Morgan fingerprint density at radius 2 is 2.14 bits per heavy atom. The molecule has 1 unspecified atom stereocenters. The van der Waals surface area contributed by atoms with Crippen LogP contribution in [-0.2, 0) is 20.3 Å². The molecule has 0 heterocycles. The van der Waals surface area contributed by atoms with Crippen LogP contribution in [-0.4, -0.2) is 31.2 Å². The van der Waals surface area contributed by atoms with E-state index in [0.717, 1.165) is 6.26 Å². The molecule has 11 heteroatoms. The number of nitrogens with zero attached hydrogens (tertiary/aromatic N) is 2. The summed E-state index contributed by atoms with van der Waals surface area (Å²) >= 11 is -1.37. The van der Waals surface area contributed by atoms with Gasteiger partial charge in [0, 0.05) is 0 Å². The molecule has 0 aliphatic heterocycles. The summed E-state index contributed by atoms with van der Waals surface area (Å²) in [6.45, 7) is 0. The Morgan fingerprint density at radius 3 is 2.67 bits per heavy atom. The van der Waals surface area contributed by atoms with Crippen molar-refractivity contribution in [2.75, 3.05) is 6.26 Å². The number of hydrogen-bond donors (Lipinski definition) is 1. The fraction of sp³-hybridized carbons (Fsp3) is 0.300. The van der Waals surface area contributed by atoms with Crippen LogP contribution < -0.4 is 21.5 Å². The second-order valence-electron chi connectivity index (χ2n) is 3.94. The molecule has 1 amide bonds. The number of amides is 1. The van der Waals surface area contributed by atoms with Crippen LogP contribution in [0, 0.1) is 8.78 Å². The van der Waals surface area contributed by atoms with Crippen LogP contribution in [0.3, 0.4) is 0 Å². The van der Waals surface area contributed by atoms with Crippen LogP contribution in [0.5, 0.6) is 0 Å². The zero-order valence-electron chi connectivity index (χ0n) is 10.5. The molecule has 0 spiro atoms. The predicted octanol–water partition coefficient (Wildman–Crippen LogP) is -1.26. The fourth-order valence-electron chi connectivity index (χ4n) is 1.33. The normalized spacial score (nSPS) is 15.0. The van der Waals surface area contributed by atoms with Gasteiger partial charge in [0.15, 0.2) is 0 Å². The zero-order valence-corrected chi connectivity index (χ0v) is 13.5. The van der Waals surface area contributed by atoms with Gasteiger partial charge in [-0.3, -0.25) is 0 Å². The van der Waals surface area contributed by atoms with E-state index in [9.17, 15) is 27.4 Å². The molecular weight excluding hydrogens is 428 g/mol. The van der Waals surface area contributed by atoms with Crippen LogP contribution in [0.15, 0.2) is 28.6 Å². The summed E-state index contributed by atoms with van der Waals surface area (Å²) in [5.41, 5.74) is 0.361. The summed E-state index contributed by atoms with van der Waals surface area (Å²) in [6, 6.07) is 5.98. The van der Waals surface area contributed by atoms with Crippen molar-refractivity contribution in [3.8, 4) is 0 Å². The Hall–Kier alpha value is -0.760. The first-order valence-electron chi connectivity index (χ1n) is 5.21. The average molecular weight is 438 g/mol. The molecule has 0 aliphatic rings. The van der Waals surface area contributed by atoms with Crippen molar-refractivity contribution in [2.24, 2.45) is 4.36 Å². The minimum atomic E-state index is -5.16. The van der Waals surface area contributed by atoms with Crippen molar-refractivity contribution in [1.82, 2.24) is 3.44 Å². The van der Waals surface area contributed by atoms with Gasteiger partial charge in [0.05, 0.1) is 0 Å². The van der Waals surface area contributed by atoms with Crippen LogP contribution in [0.25, 0.3) is 0 Å². The maximum absolute atomic E-state index is 12.1. The van der Waals surface area contributed by atoms with Crippen molar-refractivity contribution in [3.05, 3.63) is 38.6 Å². The summed E-state index contributed by atoms with van der Waals surface area (Å²) < 4.78 is 51.2. The summed E-state index contributed by atoms with van der Waals surface area (Å²) in [6.07, 6.45) is -4.21. The van der Waals surface area contributed by atoms with E-state index in [1.807, 2.05) is 0 Å². The van der Waals surface area contributed by atoms with Gasteiger partial charge in [-0.05, 0) is 0 Å². The molecule has 0 bridgehead atoms. The molecule has 6 nitrogen and oxygen atoms in total. The Kier molecular flexibility index (Phi) is 6.10. The summed E-state index contributed by atoms with van der Waals surface area (Å²) in [5, 5.41) is 19.2. The van der Waals surface area contributed by atoms with Crippen LogP contribution >= 0.6 is 0 Å². The zero-order chi connectivity index (χ0) is 16.3. The van der Waals surface area contributed by atoms with Crippen molar-refractivity contribution < 1.29 is 48.9 Å². The Labute approximate surface area is 129 Å². The molecule has 0 fully saturated rings. The summed E-state index contributed by atoms with van der Waals surface area (Å²) in [4.78, 5) is 10.7. The third-order valence-corrected chi connectivity index (χ3v) is 5.07. The predicted molar refractivity (Wildman–Crippen MR) is 63.4 cm³/mol. The van der Waals surface area contributed by atoms with E-state index in [-0.39, 0.29) is 9.19 Å². The molecule has 0 saturated heterocycles. The molecular formula is C10H10F3IN2O4S-2. The number of benzene rings is 1. The molecule has 120 valence electrons. The minimum absolute atomic E-state index is 0.210. The van der Waals surface area contributed by atoms with Crippen LogP contribution in [0.1, 0.15) is 5.56 Å². The van der Waals surface area contributed by atoms with Gasteiger partial charge < -0.3 is 0 Å². The number of hydrogen-bond acceptors (Lipinski definition) is 5. The van der Waals surface area contributed by atoms with E-state index in [1.165, 1.54) is 18.2 Å². The quantitative estimate of drug-likeness (QED) is 0.360. The van der Waals surface area contributed by atoms with Crippen LogP contribution in [0.4, 0.5) is 13.2 Å².